The SMILES string of the molecule is C.CC(C)=CCC/C(C)=C/CC/C(C)=C/CC/C(C)=C/CO.CC(C)=CCC/C(C)=C/CC/C(C)=C/CC/C(C)=C/COC(=O)c1cn(C2CC2)c2cc(N3CCNCC3)c(F)cc2c1=O.I.O=C(O)c1cn(C2CC2)c2cc(N3CCCCC3)c(F)cc2c1=O. The first kappa shape index (κ1) is 77.3. The lowest BCUT2D eigenvalue weighted by Gasteiger charge is -2.30. The summed E-state index contributed by atoms with van der Waals surface area (Å²) in [4.78, 5) is 54.2. The molecular formula is C76H108F2IN5O7. The smallest absolute Gasteiger partial charge is 0.343 e. The van der Waals surface area contributed by atoms with Gasteiger partial charge in [0.2, 0.25) is 10.9 Å². The van der Waals surface area contributed by atoms with Crippen LogP contribution in [-0.4, -0.2) is 83.8 Å². The van der Waals surface area contributed by atoms with Crippen LogP contribution in [0.5, 0.6) is 0 Å². The van der Waals surface area contributed by atoms with E-state index in [-0.39, 0.29) is 78.6 Å². The van der Waals surface area contributed by atoms with Gasteiger partial charge in [0.15, 0.2) is 0 Å². The van der Waals surface area contributed by atoms with Gasteiger partial charge in [-0.25, -0.2) is 18.4 Å². The van der Waals surface area contributed by atoms with Crippen molar-refractivity contribution >= 4 is 69.1 Å². The Morgan fingerprint density at radius 1 is 0.527 bits per heavy atom. The molecule has 2 aliphatic carbocycles. The lowest BCUT2D eigenvalue weighted by Crippen LogP contribution is -2.43. The van der Waals surface area contributed by atoms with Gasteiger partial charge in [-0.3, -0.25) is 9.59 Å². The Hall–Kier alpha value is -6.17. The lowest BCUT2D eigenvalue weighted by atomic mass is 10.0. The number of nitrogens with zero attached hydrogens (tertiary/aromatic N) is 4. The predicted molar refractivity (Wildman–Crippen MR) is 387 cm³/mol. The number of carbonyl (C=O) groups is 2. The van der Waals surface area contributed by atoms with Crippen LogP contribution in [0.3, 0.4) is 0 Å². The second-order valence-electron chi connectivity index (χ2n) is 25.6. The lowest BCUT2D eigenvalue weighted by molar-refractivity contribution is 0.0546. The highest BCUT2D eigenvalue weighted by Crippen LogP contribution is 2.40. The number of allylic oxidation sites excluding steroid dienone is 14. The highest BCUT2D eigenvalue weighted by atomic mass is 127. The Balaban J connectivity index is 0.000000317. The molecule has 15 heteroatoms. The number of carboxylic acids is 1. The zero-order chi connectivity index (χ0) is 64.6. The van der Waals surface area contributed by atoms with E-state index in [1.807, 2.05) is 38.0 Å². The third kappa shape index (κ3) is 25.3. The number of piperazine rings is 1. The molecule has 4 aliphatic rings. The number of anilines is 2. The van der Waals surface area contributed by atoms with Gasteiger partial charge in [-0.2, -0.15) is 0 Å². The van der Waals surface area contributed by atoms with Gasteiger partial charge in [0, 0.05) is 74.5 Å². The zero-order valence-electron chi connectivity index (χ0n) is 55.7. The van der Waals surface area contributed by atoms with Crippen LogP contribution in [0.4, 0.5) is 20.2 Å². The van der Waals surface area contributed by atoms with Crippen LogP contribution in [0, 0.1) is 11.6 Å². The van der Waals surface area contributed by atoms with Crippen molar-refractivity contribution in [1.29, 1.82) is 0 Å². The maximum Gasteiger partial charge on any atom is 0.343 e. The standard InChI is InChI=1S/C37H50FN3O3.C20H34O.C18H19FN2O3.CH4.HI/c1-26(2)9-6-10-27(3)11-7-12-28(4)13-8-14-29(5)17-22-44-37(43)32-25-41(30-15-16-30)34-24-35(40-20-18-39-19-21-40)33(38)23-31(34)36(32)42;1-17(2)9-6-10-18(3)11-7-12-19(4)13-8-14-20(5)15-16-21;19-14-8-12-15(9-16(14)20-6-2-1-3-7-20)21(11-4-5-11)10-13(17(12)22)18(23)24;;/h9,11,13,17,23-25,30,39H,6-8,10,12,14-16,18-22H2,1-5H3;9,11,13,15,21H,6-8,10,12,14,16H2,1-5H3;8-11H,1-7H2,(H,23,24);1H4;1H/b27-11+,28-13+,29-17+;18-11+,19-13+,20-15+;;;. The molecule has 0 unspecified atom stereocenters. The normalized spacial score (nSPS) is 15.8. The van der Waals surface area contributed by atoms with E-state index in [0.29, 0.717) is 35.5 Å². The highest BCUT2D eigenvalue weighted by molar-refractivity contribution is 14.0. The minimum absolute atomic E-state index is 0. The fourth-order valence-electron chi connectivity index (χ4n) is 11.3. The van der Waals surface area contributed by atoms with E-state index >= 15 is 4.39 Å². The number of aliphatic hydroxyl groups excluding tert-OH is 1. The number of benzene rings is 2. The monoisotopic (exact) mass is 1370 g/mol. The minimum Gasteiger partial charge on any atom is -0.477 e. The number of aromatic carboxylic acids is 1. The molecule has 4 fully saturated rings. The van der Waals surface area contributed by atoms with Crippen LogP contribution in [0.15, 0.2) is 139 Å². The number of halogens is 3. The fraction of sp³-hybridized carbons (Fsp3) is 0.526. The molecule has 4 aromatic rings. The summed E-state index contributed by atoms with van der Waals surface area (Å²) in [6.45, 7) is 26.4. The van der Waals surface area contributed by atoms with Gasteiger partial charge in [-0.15, -0.1) is 24.0 Å². The Morgan fingerprint density at radius 3 is 1.27 bits per heavy atom. The van der Waals surface area contributed by atoms with Crippen molar-refractivity contribution in [3.8, 4) is 0 Å². The van der Waals surface area contributed by atoms with E-state index in [2.05, 4.69) is 104 Å². The summed E-state index contributed by atoms with van der Waals surface area (Å²) in [6.07, 6.45) is 40.8. The summed E-state index contributed by atoms with van der Waals surface area (Å²) in [5.41, 5.74) is 11.9. The molecule has 2 saturated carbocycles. The molecule has 8 rings (SSSR count). The van der Waals surface area contributed by atoms with Crippen LogP contribution in [0.1, 0.15) is 231 Å². The predicted octanol–water partition coefficient (Wildman–Crippen LogP) is 18.7. The van der Waals surface area contributed by atoms with Crippen molar-refractivity contribution in [2.24, 2.45) is 0 Å². The maximum absolute atomic E-state index is 15.2. The van der Waals surface area contributed by atoms with Crippen LogP contribution < -0.4 is 26.0 Å². The third-order valence-electron chi connectivity index (χ3n) is 17.1. The quantitative estimate of drug-likeness (QED) is 0.0300. The summed E-state index contributed by atoms with van der Waals surface area (Å²) in [7, 11) is 0. The van der Waals surface area contributed by atoms with Gasteiger partial charge < -0.3 is 39.2 Å². The van der Waals surface area contributed by atoms with Crippen LogP contribution in [-0.2, 0) is 4.74 Å². The summed E-state index contributed by atoms with van der Waals surface area (Å²) in [5.74, 6) is -2.82. The number of esters is 1. The number of hydrogen-bond donors (Lipinski definition) is 3. The van der Waals surface area contributed by atoms with Gasteiger partial charge in [0.1, 0.15) is 29.4 Å². The number of aliphatic hydroxyl groups is 1. The number of rotatable bonds is 27. The van der Waals surface area contributed by atoms with Crippen molar-refractivity contribution in [3.63, 3.8) is 0 Å². The number of ether oxygens (including phenoxy) is 1. The van der Waals surface area contributed by atoms with Crippen molar-refractivity contribution in [3.05, 3.63) is 173 Å². The molecule has 0 radical (unpaired) electrons. The first-order chi connectivity index (χ1) is 42.6. The maximum atomic E-state index is 15.2. The molecule has 4 heterocycles. The van der Waals surface area contributed by atoms with E-state index in [0.717, 1.165) is 147 Å². The van der Waals surface area contributed by atoms with Crippen LogP contribution in [0.25, 0.3) is 21.8 Å². The van der Waals surface area contributed by atoms with Gasteiger partial charge >= 0.3 is 11.9 Å². The number of piperidine rings is 1. The number of aromatic nitrogens is 2. The Bertz CT molecular complexity index is 3440. The highest BCUT2D eigenvalue weighted by Gasteiger charge is 2.30. The number of fused-ring (bicyclic) bond motifs is 2. The van der Waals surface area contributed by atoms with E-state index in [1.165, 1.54) is 63.8 Å². The van der Waals surface area contributed by atoms with E-state index in [1.54, 1.807) is 18.3 Å². The number of nitrogens with one attached hydrogen (secondary N) is 1. The van der Waals surface area contributed by atoms with Crippen LogP contribution >= 0.6 is 24.0 Å². The Kier molecular flexibility index (Phi) is 33.5. The zero-order valence-corrected chi connectivity index (χ0v) is 58.0. The van der Waals surface area contributed by atoms with Gasteiger partial charge in [-0.05, 0) is 222 Å². The molecule has 500 valence electrons. The second-order valence-corrected chi connectivity index (χ2v) is 25.6. The summed E-state index contributed by atoms with van der Waals surface area (Å²) in [6, 6.07) is 6.42. The topological polar surface area (TPSA) is 146 Å². The molecule has 3 N–H and O–H groups in total. The number of carboxylic acid groups (broad SMARTS) is 1. The number of pyridine rings is 2. The Morgan fingerprint density at radius 2 is 0.890 bits per heavy atom. The average Bonchev–Trinajstić information content (AvgIpc) is 1.76. The molecule has 0 bridgehead atoms. The minimum atomic E-state index is -1.27. The Labute approximate surface area is 559 Å². The third-order valence-corrected chi connectivity index (χ3v) is 17.1. The van der Waals surface area contributed by atoms with E-state index < -0.39 is 34.4 Å². The van der Waals surface area contributed by atoms with E-state index in [4.69, 9.17) is 9.84 Å². The van der Waals surface area contributed by atoms with Crippen molar-refractivity contribution < 1.29 is 33.3 Å². The molecule has 2 aromatic heterocycles. The molecule has 2 aromatic carbocycles. The molecule has 0 amide bonds. The number of hydrogen-bond acceptors (Lipinski definition) is 9. The molecule has 0 atom stereocenters. The van der Waals surface area contributed by atoms with Gasteiger partial charge in [-0.1, -0.05) is 94.5 Å². The molecule has 12 nitrogen and oxygen atoms in total. The largest absolute Gasteiger partial charge is 0.477 e. The first-order valence-corrected chi connectivity index (χ1v) is 32.8. The molecule has 0 spiro atoms. The molecule has 2 aliphatic heterocycles. The summed E-state index contributed by atoms with van der Waals surface area (Å²) < 4.78 is 39.2. The van der Waals surface area contributed by atoms with Crippen molar-refractivity contribution in [2.45, 2.75) is 211 Å². The van der Waals surface area contributed by atoms with E-state index in [9.17, 15) is 28.7 Å². The first-order valence-electron chi connectivity index (χ1n) is 32.8. The molecule has 91 heavy (non-hydrogen) atoms. The second kappa shape index (κ2) is 39.4. The number of carbonyl (C=O) groups excluding carboxylic acids is 1. The van der Waals surface area contributed by atoms with Gasteiger partial charge in [0.05, 0.1) is 29.0 Å². The summed E-state index contributed by atoms with van der Waals surface area (Å²) in [5, 5.41) is 21.7. The average molecular weight is 1370 g/mol. The van der Waals surface area contributed by atoms with Crippen LogP contribution in [0.2, 0.25) is 0 Å². The molecule has 2 saturated heterocycles. The van der Waals surface area contributed by atoms with Crippen molar-refractivity contribution in [2.75, 3.05) is 62.3 Å². The van der Waals surface area contributed by atoms with Crippen molar-refractivity contribution in [1.82, 2.24) is 14.5 Å². The fourth-order valence-corrected chi connectivity index (χ4v) is 11.3. The summed E-state index contributed by atoms with van der Waals surface area (Å²) >= 11 is 0. The molecular weight excluding hydrogens is 1260 g/mol. The van der Waals surface area contributed by atoms with Gasteiger partial charge in [0.25, 0.3) is 0 Å².